The van der Waals surface area contributed by atoms with Gasteiger partial charge in [0.05, 0.1) is 10.0 Å². The van der Waals surface area contributed by atoms with Crippen molar-refractivity contribution in [2.75, 3.05) is 12.4 Å². The predicted molar refractivity (Wildman–Crippen MR) is 75.8 cm³/mol. The Hall–Kier alpha value is -0.440. The molecule has 2 nitrogen and oxygen atoms in total. The van der Waals surface area contributed by atoms with E-state index in [-0.39, 0.29) is 11.9 Å². The van der Waals surface area contributed by atoms with Gasteiger partial charge < -0.3 is 4.90 Å². The number of carbonyl (C=O) groups excluding carboxylic acids is 1. The molecule has 1 fully saturated rings. The summed E-state index contributed by atoms with van der Waals surface area (Å²) >= 11 is 17.7. The van der Waals surface area contributed by atoms with Gasteiger partial charge in [-0.3, -0.25) is 4.79 Å². The molecule has 18 heavy (non-hydrogen) atoms. The Morgan fingerprint density at radius 1 is 1.39 bits per heavy atom. The Morgan fingerprint density at radius 2 is 2.11 bits per heavy atom. The molecular formula is C13H14Cl3NO. The van der Waals surface area contributed by atoms with Crippen LogP contribution in [0.4, 0.5) is 0 Å². The van der Waals surface area contributed by atoms with Crippen LogP contribution in [0.5, 0.6) is 0 Å². The Morgan fingerprint density at radius 3 is 2.72 bits per heavy atom. The number of likely N-dealkylation sites (tertiary alicyclic amines) is 1. The molecule has 2 unspecified atom stereocenters. The van der Waals surface area contributed by atoms with Gasteiger partial charge in [0.2, 0.25) is 0 Å². The highest BCUT2D eigenvalue weighted by Gasteiger charge is 2.34. The number of carbonyl (C=O) groups is 1. The molecule has 1 aromatic rings. The smallest absolute Gasteiger partial charge is 0.254 e. The standard InChI is InChI=1S/C13H14Cl3NO/c1-8-4-5-17(12(8)7-14)13(18)9-2-3-10(15)11(16)6-9/h2-3,6,8,12H,4-5,7H2,1H3. The van der Waals surface area contributed by atoms with Gasteiger partial charge in [-0.25, -0.2) is 0 Å². The highest BCUT2D eigenvalue weighted by Crippen LogP contribution is 2.28. The number of nitrogens with zero attached hydrogens (tertiary/aromatic N) is 1. The van der Waals surface area contributed by atoms with Crippen molar-refractivity contribution < 1.29 is 4.79 Å². The summed E-state index contributed by atoms with van der Waals surface area (Å²) in [7, 11) is 0. The Labute approximate surface area is 122 Å². The Bertz CT molecular complexity index is 464. The van der Waals surface area contributed by atoms with Gasteiger partial charge in [-0.15, -0.1) is 11.6 Å². The molecular weight excluding hydrogens is 293 g/mol. The molecule has 1 heterocycles. The maximum atomic E-state index is 12.4. The van der Waals surface area contributed by atoms with Crippen LogP contribution in [0.1, 0.15) is 23.7 Å². The van der Waals surface area contributed by atoms with E-state index >= 15 is 0 Å². The molecule has 1 saturated heterocycles. The van der Waals surface area contributed by atoms with Crippen LogP contribution in [0.2, 0.25) is 10.0 Å². The fourth-order valence-electron chi connectivity index (χ4n) is 2.29. The van der Waals surface area contributed by atoms with Gasteiger partial charge in [0.15, 0.2) is 0 Å². The van der Waals surface area contributed by atoms with Crippen LogP contribution >= 0.6 is 34.8 Å². The normalized spacial score (nSPS) is 23.4. The van der Waals surface area contributed by atoms with Crippen molar-refractivity contribution in [1.82, 2.24) is 4.90 Å². The quantitative estimate of drug-likeness (QED) is 0.754. The summed E-state index contributed by atoms with van der Waals surface area (Å²) in [5, 5.41) is 0.856. The third kappa shape index (κ3) is 2.61. The monoisotopic (exact) mass is 305 g/mol. The fourth-order valence-corrected chi connectivity index (χ4v) is 3.06. The second-order valence-corrected chi connectivity index (χ2v) is 5.74. The minimum Gasteiger partial charge on any atom is -0.334 e. The zero-order chi connectivity index (χ0) is 13.3. The minimum atomic E-state index is -0.0245. The highest BCUT2D eigenvalue weighted by molar-refractivity contribution is 6.42. The summed E-state index contributed by atoms with van der Waals surface area (Å²) in [6, 6.07) is 5.06. The molecule has 98 valence electrons. The zero-order valence-corrected chi connectivity index (χ0v) is 12.3. The van der Waals surface area contributed by atoms with Crippen LogP contribution in [0.3, 0.4) is 0 Å². The number of halogens is 3. The van der Waals surface area contributed by atoms with Crippen molar-refractivity contribution in [3.05, 3.63) is 33.8 Å². The molecule has 0 radical (unpaired) electrons. The van der Waals surface area contributed by atoms with Crippen molar-refractivity contribution in [1.29, 1.82) is 0 Å². The fraction of sp³-hybridized carbons (Fsp3) is 0.462. The van der Waals surface area contributed by atoms with Crippen LogP contribution in [-0.2, 0) is 0 Å². The lowest BCUT2D eigenvalue weighted by Crippen LogP contribution is -2.38. The Balaban J connectivity index is 2.23. The molecule has 2 rings (SSSR count). The summed E-state index contributed by atoms with van der Waals surface area (Å²) in [5.41, 5.74) is 0.564. The molecule has 2 atom stereocenters. The van der Waals surface area contributed by atoms with E-state index in [4.69, 9.17) is 34.8 Å². The van der Waals surface area contributed by atoms with Crippen LogP contribution in [0, 0.1) is 5.92 Å². The molecule has 1 aromatic carbocycles. The van der Waals surface area contributed by atoms with Gasteiger partial charge in [-0.05, 0) is 30.5 Å². The van der Waals surface area contributed by atoms with E-state index in [2.05, 4.69) is 6.92 Å². The average molecular weight is 307 g/mol. The van der Waals surface area contributed by atoms with Crippen molar-refractivity contribution in [3.8, 4) is 0 Å². The predicted octanol–water partition coefficient (Wildman–Crippen LogP) is 4.08. The summed E-state index contributed by atoms with van der Waals surface area (Å²) in [5.74, 6) is 0.881. The van der Waals surface area contributed by atoms with Gasteiger partial charge in [0.1, 0.15) is 0 Å². The number of amides is 1. The molecule has 1 aliphatic rings. The molecule has 0 spiro atoms. The molecule has 0 aromatic heterocycles. The average Bonchev–Trinajstić information content (AvgIpc) is 2.73. The van der Waals surface area contributed by atoms with E-state index in [1.165, 1.54) is 0 Å². The number of hydrogen-bond donors (Lipinski definition) is 0. The van der Waals surface area contributed by atoms with Crippen molar-refractivity contribution in [2.24, 2.45) is 5.92 Å². The zero-order valence-electron chi connectivity index (χ0n) is 10.00. The van der Waals surface area contributed by atoms with Gasteiger partial charge in [0.25, 0.3) is 5.91 Å². The molecule has 0 saturated carbocycles. The van der Waals surface area contributed by atoms with Gasteiger partial charge >= 0.3 is 0 Å². The first-order valence-corrected chi connectivity index (χ1v) is 7.15. The maximum absolute atomic E-state index is 12.4. The van der Waals surface area contributed by atoms with Crippen molar-refractivity contribution >= 4 is 40.7 Å². The van der Waals surface area contributed by atoms with Gasteiger partial charge in [0, 0.05) is 24.0 Å². The SMILES string of the molecule is CC1CCN(C(=O)c2ccc(Cl)c(Cl)c2)C1CCl. The summed E-state index contributed by atoms with van der Waals surface area (Å²) in [4.78, 5) is 14.2. The maximum Gasteiger partial charge on any atom is 0.254 e. The minimum absolute atomic E-state index is 0.0245. The van der Waals surface area contributed by atoms with E-state index in [0.29, 0.717) is 27.4 Å². The molecule has 5 heteroatoms. The molecule has 0 N–H and O–H groups in total. The second kappa shape index (κ2) is 5.68. The van der Waals surface area contributed by atoms with E-state index in [1.807, 2.05) is 4.90 Å². The topological polar surface area (TPSA) is 20.3 Å². The first kappa shape index (κ1) is 14.0. The van der Waals surface area contributed by atoms with Crippen molar-refractivity contribution in [2.45, 2.75) is 19.4 Å². The van der Waals surface area contributed by atoms with Crippen LogP contribution in [0.25, 0.3) is 0 Å². The molecule has 1 aliphatic heterocycles. The second-order valence-electron chi connectivity index (χ2n) is 4.62. The van der Waals surface area contributed by atoms with Crippen LogP contribution in [-0.4, -0.2) is 29.3 Å². The highest BCUT2D eigenvalue weighted by atomic mass is 35.5. The van der Waals surface area contributed by atoms with Crippen LogP contribution < -0.4 is 0 Å². The number of alkyl halides is 1. The number of benzene rings is 1. The van der Waals surface area contributed by atoms with E-state index in [9.17, 15) is 4.79 Å². The molecule has 0 bridgehead atoms. The van der Waals surface area contributed by atoms with Crippen LogP contribution in [0.15, 0.2) is 18.2 Å². The van der Waals surface area contributed by atoms with E-state index in [0.717, 1.165) is 13.0 Å². The first-order chi connectivity index (χ1) is 8.54. The first-order valence-electron chi connectivity index (χ1n) is 5.86. The molecule has 1 amide bonds. The van der Waals surface area contributed by atoms with E-state index in [1.54, 1.807) is 18.2 Å². The molecule has 0 aliphatic carbocycles. The lowest BCUT2D eigenvalue weighted by molar-refractivity contribution is 0.0737. The third-order valence-electron chi connectivity index (χ3n) is 3.47. The number of hydrogen-bond acceptors (Lipinski definition) is 1. The lowest BCUT2D eigenvalue weighted by atomic mass is 10.0. The Kier molecular flexibility index (Phi) is 4.41. The number of rotatable bonds is 2. The van der Waals surface area contributed by atoms with Gasteiger partial charge in [-0.2, -0.15) is 0 Å². The summed E-state index contributed by atoms with van der Waals surface area (Å²) in [6.45, 7) is 2.87. The van der Waals surface area contributed by atoms with Crippen molar-refractivity contribution in [3.63, 3.8) is 0 Å². The lowest BCUT2D eigenvalue weighted by Gasteiger charge is -2.25. The third-order valence-corrected chi connectivity index (χ3v) is 4.52. The summed E-state index contributed by atoms with van der Waals surface area (Å²) < 4.78 is 0. The van der Waals surface area contributed by atoms with E-state index < -0.39 is 0 Å². The van der Waals surface area contributed by atoms with Gasteiger partial charge in [-0.1, -0.05) is 30.1 Å². The largest absolute Gasteiger partial charge is 0.334 e. The summed E-state index contributed by atoms with van der Waals surface area (Å²) in [6.07, 6.45) is 0.991.